The molecule has 3 fully saturated rings. The highest BCUT2D eigenvalue weighted by Crippen LogP contribution is 2.38. The first-order chi connectivity index (χ1) is 12.7. The van der Waals surface area contributed by atoms with Crippen molar-refractivity contribution < 1.29 is 9.53 Å². The van der Waals surface area contributed by atoms with Gasteiger partial charge in [0.1, 0.15) is 0 Å². The number of hydrogen-bond acceptors (Lipinski definition) is 3. The van der Waals surface area contributed by atoms with Gasteiger partial charge in [-0.25, -0.2) is 0 Å². The van der Waals surface area contributed by atoms with Gasteiger partial charge in [-0.2, -0.15) is 0 Å². The second kappa shape index (κ2) is 8.10. The molecule has 3 heterocycles. The third kappa shape index (κ3) is 4.29. The van der Waals surface area contributed by atoms with Gasteiger partial charge in [0, 0.05) is 38.1 Å². The molecule has 0 saturated carbocycles. The van der Waals surface area contributed by atoms with Crippen molar-refractivity contribution in [2.45, 2.75) is 45.1 Å². The smallest absolute Gasteiger partial charge is 0.222 e. The first-order valence-corrected chi connectivity index (χ1v) is 10.3. The molecule has 3 saturated heterocycles. The second-order valence-electron chi connectivity index (χ2n) is 8.63. The lowest BCUT2D eigenvalue weighted by molar-refractivity contribution is -0.136. The van der Waals surface area contributed by atoms with Crippen LogP contribution in [0.5, 0.6) is 0 Å². The fourth-order valence-corrected chi connectivity index (χ4v) is 4.96. The maximum absolute atomic E-state index is 12.9. The number of amides is 1. The van der Waals surface area contributed by atoms with E-state index in [0.29, 0.717) is 11.8 Å². The Kier molecular flexibility index (Phi) is 5.60. The highest BCUT2D eigenvalue weighted by Gasteiger charge is 2.40. The topological polar surface area (TPSA) is 32.8 Å². The van der Waals surface area contributed by atoms with Gasteiger partial charge in [0.05, 0.1) is 6.61 Å². The Morgan fingerprint density at radius 2 is 1.92 bits per heavy atom. The van der Waals surface area contributed by atoms with Crippen molar-refractivity contribution in [2.24, 2.45) is 11.3 Å². The maximum atomic E-state index is 12.9. The minimum Gasteiger partial charge on any atom is -0.381 e. The fourth-order valence-electron chi connectivity index (χ4n) is 4.96. The summed E-state index contributed by atoms with van der Waals surface area (Å²) in [5.74, 6) is 0.949. The Bertz CT molecular complexity index is 589. The Balaban J connectivity index is 1.23. The highest BCUT2D eigenvalue weighted by atomic mass is 16.5. The first kappa shape index (κ1) is 18.0. The predicted molar refractivity (Wildman–Crippen MR) is 103 cm³/mol. The molecule has 3 aliphatic rings. The van der Waals surface area contributed by atoms with Gasteiger partial charge in [0.25, 0.3) is 0 Å². The molecule has 0 radical (unpaired) electrons. The molecule has 0 N–H and O–H groups in total. The van der Waals surface area contributed by atoms with Crippen molar-refractivity contribution >= 4 is 5.91 Å². The molecule has 3 aliphatic heterocycles. The molecular weight excluding hydrogens is 324 g/mol. The van der Waals surface area contributed by atoms with Crippen LogP contribution in [0.4, 0.5) is 0 Å². The van der Waals surface area contributed by atoms with Crippen LogP contribution in [-0.2, 0) is 16.1 Å². The molecule has 142 valence electrons. The normalized spacial score (nSPS) is 27.9. The van der Waals surface area contributed by atoms with E-state index in [2.05, 4.69) is 40.1 Å². The molecular formula is C22H32N2O2. The monoisotopic (exact) mass is 356 g/mol. The van der Waals surface area contributed by atoms with E-state index in [0.717, 1.165) is 78.0 Å². The molecule has 1 aromatic carbocycles. The van der Waals surface area contributed by atoms with Crippen LogP contribution >= 0.6 is 0 Å². The first-order valence-electron chi connectivity index (χ1n) is 10.3. The quantitative estimate of drug-likeness (QED) is 0.830. The third-order valence-electron chi connectivity index (χ3n) is 6.62. The van der Waals surface area contributed by atoms with Crippen molar-refractivity contribution in [1.29, 1.82) is 0 Å². The summed E-state index contributed by atoms with van der Waals surface area (Å²) in [4.78, 5) is 17.5. The zero-order valence-corrected chi connectivity index (χ0v) is 15.9. The molecule has 1 spiro atoms. The molecule has 0 unspecified atom stereocenters. The molecule has 0 aromatic heterocycles. The number of carbonyl (C=O) groups is 1. The van der Waals surface area contributed by atoms with E-state index in [1.807, 2.05) is 0 Å². The minimum absolute atomic E-state index is 0.271. The zero-order chi connectivity index (χ0) is 17.8. The zero-order valence-electron chi connectivity index (χ0n) is 15.9. The van der Waals surface area contributed by atoms with Crippen LogP contribution in [0.3, 0.4) is 0 Å². The van der Waals surface area contributed by atoms with E-state index in [1.54, 1.807) is 0 Å². The summed E-state index contributed by atoms with van der Waals surface area (Å²) < 4.78 is 5.63. The number of ether oxygens (including phenoxy) is 1. The lowest BCUT2D eigenvalue weighted by Crippen LogP contribution is -2.47. The van der Waals surface area contributed by atoms with Crippen LogP contribution in [-0.4, -0.2) is 55.1 Å². The van der Waals surface area contributed by atoms with Crippen LogP contribution in [0.15, 0.2) is 30.3 Å². The van der Waals surface area contributed by atoms with Crippen molar-refractivity contribution in [3.8, 4) is 0 Å². The van der Waals surface area contributed by atoms with Crippen LogP contribution in [0.1, 0.15) is 44.1 Å². The third-order valence-corrected chi connectivity index (χ3v) is 6.62. The van der Waals surface area contributed by atoms with Gasteiger partial charge in [-0.15, -0.1) is 0 Å². The van der Waals surface area contributed by atoms with Crippen molar-refractivity contribution in [1.82, 2.24) is 9.80 Å². The molecule has 1 amide bonds. The van der Waals surface area contributed by atoms with Crippen LogP contribution in [0.2, 0.25) is 0 Å². The largest absolute Gasteiger partial charge is 0.381 e. The standard InChI is InChI=1S/C22H32N2O2/c25-21(24-11-4-9-22(17-24)10-14-26-18-22)15-19-7-12-23(13-8-19)16-20-5-2-1-3-6-20/h1-3,5-6,19H,4,7-18H2/t22-/m1/s1. The highest BCUT2D eigenvalue weighted by molar-refractivity contribution is 5.76. The predicted octanol–water partition coefficient (Wildman–Crippen LogP) is 3.32. The average molecular weight is 357 g/mol. The molecule has 0 bridgehead atoms. The SMILES string of the molecule is O=C(CC1CCN(Cc2ccccc2)CC1)N1CCC[C@@]2(CCOC2)C1. The minimum atomic E-state index is 0.271. The van der Waals surface area contributed by atoms with E-state index >= 15 is 0 Å². The molecule has 0 aliphatic carbocycles. The Hall–Kier alpha value is -1.39. The number of hydrogen-bond donors (Lipinski definition) is 0. The molecule has 4 nitrogen and oxygen atoms in total. The van der Waals surface area contributed by atoms with Crippen molar-refractivity contribution in [3.63, 3.8) is 0 Å². The summed E-state index contributed by atoms with van der Waals surface area (Å²) >= 11 is 0. The number of benzene rings is 1. The molecule has 26 heavy (non-hydrogen) atoms. The van der Waals surface area contributed by atoms with E-state index in [4.69, 9.17) is 4.74 Å². The fraction of sp³-hybridized carbons (Fsp3) is 0.682. The van der Waals surface area contributed by atoms with E-state index in [1.165, 1.54) is 12.0 Å². The number of rotatable bonds is 4. The van der Waals surface area contributed by atoms with Gasteiger partial charge < -0.3 is 9.64 Å². The van der Waals surface area contributed by atoms with Crippen molar-refractivity contribution in [3.05, 3.63) is 35.9 Å². The number of carbonyl (C=O) groups excluding carboxylic acids is 1. The summed E-state index contributed by atoms with van der Waals surface area (Å²) in [7, 11) is 0. The summed E-state index contributed by atoms with van der Waals surface area (Å²) in [6.07, 6.45) is 6.56. The van der Waals surface area contributed by atoms with Crippen LogP contribution in [0.25, 0.3) is 0 Å². The second-order valence-corrected chi connectivity index (χ2v) is 8.63. The average Bonchev–Trinajstić information content (AvgIpc) is 3.12. The molecule has 4 heteroatoms. The lowest BCUT2D eigenvalue weighted by atomic mass is 9.79. The summed E-state index contributed by atoms with van der Waals surface area (Å²) in [6, 6.07) is 10.7. The van der Waals surface area contributed by atoms with Gasteiger partial charge in [0.15, 0.2) is 0 Å². The van der Waals surface area contributed by atoms with Gasteiger partial charge >= 0.3 is 0 Å². The maximum Gasteiger partial charge on any atom is 0.222 e. The van der Waals surface area contributed by atoms with Crippen molar-refractivity contribution in [2.75, 3.05) is 39.4 Å². The van der Waals surface area contributed by atoms with E-state index in [-0.39, 0.29) is 5.41 Å². The van der Waals surface area contributed by atoms with Gasteiger partial charge in [-0.05, 0) is 56.7 Å². The van der Waals surface area contributed by atoms with Gasteiger partial charge in [-0.1, -0.05) is 30.3 Å². The van der Waals surface area contributed by atoms with Crippen LogP contribution in [0, 0.1) is 11.3 Å². The Labute approximate surface area is 157 Å². The molecule has 1 atom stereocenters. The van der Waals surface area contributed by atoms with Gasteiger partial charge in [-0.3, -0.25) is 9.69 Å². The Morgan fingerprint density at radius 3 is 2.65 bits per heavy atom. The summed E-state index contributed by atoms with van der Waals surface area (Å²) in [5.41, 5.74) is 1.66. The summed E-state index contributed by atoms with van der Waals surface area (Å²) in [6.45, 7) is 6.88. The number of nitrogens with zero attached hydrogens (tertiary/aromatic N) is 2. The number of likely N-dealkylation sites (tertiary alicyclic amines) is 2. The lowest BCUT2D eigenvalue weighted by Gasteiger charge is -2.40. The van der Waals surface area contributed by atoms with E-state index in [9.17, 15) is 4.79 Å². The van der Waals surface area contributed by atoms with Gasteiger partial charge in [0.2, 0.25) is 5.91 Å². The van der Waals surface area contributed by atoms with E-state index < -0.39 is 0 Å². The Morgan fingerprint density at radius 1 is 1.12 bits per heavy atom. The molecule has 1 aromatic rings. The molecule has 4 rings (SSSR count). The number of piperidine rings is 2. The van der Waals surface area contributed by atoms with Crippen LogP contribution < -0.4 is 0 Å². The summed E-state index contributed by atoms with van der Waals surface area (Å²) in [5, 5.41) is 0.